The van der Waals surface area contributed by atoms with Crippen LogP contribution in [0.2, 0.25) is 5.02 Å². The van der Waals surface area contributed by atoms with Crippen molar-refractivity contribution in [1.29, 1.82) is 0 Å². The van der Waals surface area contributed by atoms with Gasteiger partial charge in [0.25, 0.3) is 5.56 Å². The zero-order chi connectivity index (χ0) is 20.8. The number of aromatic nitrogens is 2. The van der Waals surface area contributed by atoms with Gasteiger partial charge in [0.1, 0.15) is 11.8 Å². The summed E-state index contributed by atoms with van der Waals surface area (Å²) in [5.41, 5.74) is 1.88. The van der Waals surface area contributed by atoms with Crippen LogP contribution in [0.4, 0.5) is 0 Å². The molecule has 1 amide bonds. The second kappa shape index (κ2) is 9.39. The number of hydrogen-bond acceptors (Lipinski definition) is 4. The van der Waals surface area contributed by atoms with Gasteiger partial charge in [-0.25, -0.2) is 4.68 Å². The summed E-state index contributed by atoms with van der Waals surface area (Å²) in [5, 5.41) is 7.77. The van der Waals surface area contributed by atoms with Crippen LogP contribution in [-0.4, -0.2) is 22.3 Å². The van der Waals surface area contributed by atoms with Gasteiger partial charge >= 0.3 is 0 Å². The van der Waals surface area contributed by atoms with Crippen molar-refractivity contribution in [1.82, 2.24) is 15.1 Å². The molecule has 1 heterocycles. The molecule has 0 aliphatic carbocycles. The molecule has 7 heteroatoms. The number of ether oxygens (including phenoxy) is 1. The van der Waals surface area contributed by atoms with Crippen molar-refractivity contribution in [3.05, 3.63) is 81.6 Å². The molecular weight excluding hydrogens is 390 g/mol. The molecule has 29 heavy (non-hydrogen) atoms. The average Bonchev–Trinajstić information content (AvgIpc) is 2.73. The number of nitrogens with one attached hydrogen (secondary N) is 1. The number of benzene rings is 2. The molecule has 2 aromatic carbocycles. The first-order chi connectivity index (χ1) is 14.0. The van der Waals surface area contributed by atoms with Gasteiger partial charge in [0.05, 0.1) is 12.3 Å². The zero-order valence-electron chi connectivity index (χ0n) is 16.3. The van der Waals surface area contributed by atoms with Gasteiger partial charge in [0.15, 0.2) is 0 Å². The Hall–Kier alpha value is -3.12. The van der Waals surface area contributed by atoms with Crippen LogP contribution in [0.15, 0.2) is 65.5 Å². The number of carbonyl (C=O) groups is 1. The zero-order valence-corrected chi connectivity index (χ0v) is 17.0. The fourth-order valence-electron chi connectivity index (χ4n) is 2.83. The predicted octanol–water partition coefficient (Wildman–Crippen LogP) is 3.84. The van der Waals surface area contributed by atoms with Crippen LogP contribution in [0.25, 0.3) is 11.3 Å². The van der Waals surface area contributed by atoms with E-state index in [1.165, 1.54) is 10.7 Å². The highest BCUT2D eigenvalue weighted by Gasteiger charge is 2.18. The van der Waals surface area contributed by atoms with E-state index in [1.807, 2.05) is 49.4 Å². The molecule has 3 rings (SSSR count). The van der Waals surface area contributed by atoms with Crippen molar-refractivity contribution in [3.63, 3.8) is 0 Å². The summed E-state index contributed by atoms with van der Waals surface area (Å²) in [5.74, 6) is 0.445. The first kappa shape index (κ1) is 20.6. The van der Waals surface area contributed by atoms with E-state index in [2.05, 4.69) is 10.4 Å². The normalized spacial score (nSPS) is 11.7. The van der Waals surface area contributed by atoms with Gasteiger partial charge in [-0.1, -0.05) is 29.8 Å². The first-order valence-electron chi connectivity index (χ1n) is 9.34. The van der Waals surface area contributed by atoms with Crippen molar-refractivity contribution in [3.8, 4) is 17.0 Å². The van der Waals surface area contributed by atoms with Crippen molar-refractivity contribution in [2.45, 2.75) is 26.4 Å². The molecule has 1 unspecified atom stereocenters. The lowest BCUT2D eigenvalue weighted by atomic mass is 10.1. The van der Waals surface area contributed by atoms with Crippen LogP contribution < -0.4 is 15.6 Å². The molecule has 3 aromatic rings. The maximum Gasteiger partial charge on any atom is 0.267 e. The Kier molecular flexibility index (Phi) is 6.67. The second-order valence-electron chi connectivity index (χ2n) is 6.44. The van der Waals surface area contributed by atoms with Gasteiger partial charge in [0.2, 0.25) is 5.91 Å². The lowest BCUT2D eigenvalue weighted by Gasteiger charge is -2.15. The number of nitrogens with zero attached hydrogens (tertiary/aromatic N) is 2. The van der Waals surface area contributed by atoms with Crippen LogP contribution in [0.3, 0.4) is 0 Å². The van der Waals surface area contributed by atoms with Gasteiger partial charge in [0, 0.05) is 23.2 Å². The highest BCUT2D eigenvalue weighted by atomic mass is 35.5. The van der Waals surface area contributed by atoms with Gasteiger partial charge in [-0.15, -0.1) is 0 Å². The Morgan fingerprint density at radius 3 is 2.55 bits per heavy atom. The average molecular weight is 412 g/mol. The molecule has 0 bridgehead atoms. The van der Waals surface area contributed by atoms with E-state index in [0.29, 0.717) is 17.3 Å². The number of amides is 1. The Balaban J connectivity index is 1.77. The summed E-state index contributed by atoms with van der Waals surface area (Å²) >= 11 is 6.12. The molecule has 1 aromatic heterocycles. The smallest absolute Gasteiger partial charge is 0.267 e. The lowest BCUT2D eigenvalue weighted by Crippen LogP contribution is -2.36. The maximum atomic E-state index is 12.6. The fourth-order valence-corrected chi connectivity index (χ4v) is 3.03. The van der Waals surface area contributed by atoms with E-state index in [4.69, 9.17) is 16.3 Å². The maximum absolute atomic E-state index is 12.6. The molecule has 6 nitrogen and oxygen atoms in total. The molecule has 0 fully saturated rings. The fraction of sp³-hybridized carbons (Fsp3) is 0.227. The monoisotopic (exact) mass is 411 g/mol. The van der Waals surface area contributed by atoms with Gasteiger partial charge in [-0.05, 0) is 55.8 Å². The summed E-state index contributed by atoms with van der Waals surface area (Å²) in [6, 6.07) is 17.0. The number of halogens is 1. The molecule has 0 radical (unpaired) electrons. The number of rotatable bonds is 7. The summed E-state index contributed by atoms with van der Waals surface area (Å²) in [7, 11) is 0. The van der Waals surface area contributed by atoms with E-state index in [1.54, 1.807) is 19.1 Å². The Morgan fingerprint density at radius 1 is 1.14 bits per heavy atom. The van der Waals surface area contributed by atoms with Gasteiger partial charge in [-0.3, -0.25) is 9.59 Å². The van der Waals surface area contributed by atoms with Crippen molar-refractivity contribution in [2.75, 3.05) is 6.61 Å². The minimum absolute atomic E-state index is 0.274. The Bertz CT molecular complexity index is 1050. The molecule has 0 saturated heterocycles. The molecule has 0 saturated carbocycles. The summed E-state index contributed by atoms with van der Waals surface area (Å²) in [4.78, 5) is 24.9. The third kappa shape index (κ3) is 5.03. The standard InChI is InChI=1S/C22H22ClN3O3/c1-3-29-18-10-8-16(9-11-18)20-12-13-21(27)26(25-20)15(2)22(28)24-14-17-6-4-5-7-19(17)23/h4-13,15H,3,14H2,1-2H3,(H,24,28). The van der Waals surface area contributed by atoms with Crippen LogP contribution in [-0.2, 0) is 11.3 Å². The highest BCUT2D eigenvalue weighted by molar-refractivity contribution is 6.31. The predicted molar refractivity (Wildman–Crippen MR) is 113 cm³/mol. The van der Waals surface area contributed by atoms with E-state index in [0.717, 1.165) is 16.9 Å². The molecule has 0 aliphatic rings. The molecule has 1 atom stereocenters. The largest absolute Gasteiger partial charge is 0.494 e. The summed E-state index contributed by atoms with van der Waals surface area (Å²) in [6.07, 6.45) is 0. The Morgan fingerprint density at radius 2 is 1.86 bits per heavy atom. The van der Waals surface area contributed by atoms with Crippen molar-refractivity contribution in [2.24, 2.45) is 0 Å². The van der Waals surface area contributed by atoms with Crippen molar-refractivity contribution >= 4 is 17.5 Å². The molecule has 0 spiro atoms. The van der Waals surface area contributed by atoms with E-state index >= 15 is 0 Å². The highest BCUT2D eigenvalue weighted by Crippen LogP contribution is 2.20. The van der Waals surface area contributed by atoms with Crippen LogP contribution in [0.5, 0.6) is 5.75 Å². The van der Waals surface area contributed by atoms with Crippen molar-refractivity contribution < 1.29 is 9.53 Å². The molecule has 0 aliphatic heterocycles. The molecular formula is C22H22ClN3O3. The van der Waals surface area contributed by atoms with Gasteiger partial charge < -0.3 is 10.1 Å². The first-order valence-corrected chi connectivity index (χ1v) is 9.71. The Labute approximate surface area is 174 Å². The van der Waals surface area contributed by atoms with E-state index < -0.39 is 6.04 Å². The molecule has 1 N–H and O–H groups in total. The van der Waals surface area contributed by atoms with Crippen LogP contribution in [0, 0.1) is 0 Å². The number of hydrogen-bond donors (Lipinski definition) is 1. The topological polar surface area (TPSA) is 73.2 Å². The minimum atomic E-state index is -0.771. The van der Waals surface area contributed by atoms with Gasteiger partial charge in [-0.2, -0.15) is 5.10 Å². The summed E-state index contributed by atoms with van der Waals surface area (Å²) < 4.78 is 6.63. The quantitative estimate of drug-likeness (QED) is 0.641. The SMILES string of the molecule is CCOc1ccc(-c2ccc(=O)n(C(C)C(=O)NCc3ccccc3Cl)n2)cc1. The third-order valence-corrected chi connectivity index (χ3v) is 4.81. The lowest BCUT2D eigenvalue weighted by molar-refractivity contribution is -0.124. The minimum Gasteiger partial charge on any atom is -0.494 e. The van der Waals surface area contributed by atoms with E-state index in [-0.39, 0.29) is 18.0 Å². The number of carbonyl (C=O) groups excluding carboxylic acids is 1. The second-order valence-corrected chi connectivity index (χ2v) is 6.85. The van der Waals surface area contributed by atoms with E-state index in [9.17, 15) is 9.59 Å². The van der Waals surface area contributed by atoms with Crippen LogP contribution >= 0.6 is 11.6 Å². The third-order valence-electron chi connectivity index (χ3n) is 4.44. The summed E-state index contributed by atoms with van der Waals surface area (Å²) in [6.45, 7) is 4.42. The van der Waals surface area contributed by atoms with Crippen LogP contribution in [0.1, 0.15) is 25.5 Å². The molecule has 150 valence electrons.